The van der Waals surface area contributed by atoms with E-state index in [1.165, 1.54) is 21.5 Å². The van der Waals surface area contributed by atoms with E-state index in [4.69, 9.17) is 11.6 Å². The molecule has 8 heteroatoms. The number of halogens is 1. The number of amides is 1. The lowest BCUT2D eigenvalue weighted by molar-refractivity contribution is 0.0775. The lowest BCUT2D eigenvalue weighted by atomic mass is 10.2. The van der Waals surface area contributed by atoms with Crippen molar-refractivity contribution in [1.82, 2.24) is 13.8 Å². The summed E-state index contributed by atoms with van der Waals surface area (Å²) in [6.07, 6.45) is 1.48. The van der Waals surface area contributed by atoms with Gasteiger partial charge in [-0.05, 0) is 23.8 Å². The number of aryl methyl sites for hydroxylation is 1. The van der Waals surface area contributed by atoms with Crippen molar-refractivity contribution < 1.29 is 13.2 Å². The van der Waals surface area contributed by atoms with Crippen LogP contribution in [0, 0.1) is 0 Å². The number of nitrogens with zero attached hydrogens (tertiary/aromatic N) is 3. The van der Waals surface area contributed by atoms with E-state index in [1.807, 2.05) is 12.1 Å². The first-order chi connectivity index (χ1) is 12.2. The molecule has 2 aromatic rings. The lowest BCUT2D eigenvalue weighted by Gasteiger charge is -2.18. The lowest BCUT2D eigenvalue weighted by Crippen LogP contribution is -2.30. The molecule has 0 spiro atoms. The SMILES string of the molecule is CCN(CC)S(=O)(=O)c1cc(C(=O)N(C)Cc2cccc(Cl)c2)n(C)c1. The van der Waals surface area contributed by atoms with Gasteiger partial charge in [0, 0.05) is 44.9 Å². The summed E-state index contributed by atoms with van der Waals surface area (Å²) >= 11 is 5.98. The Kier molecular flexibility index (Phi) is 6.49. The molecule has 0 saturated carbocycles. The molecule has 6 nitrogen and oxygen atoms in total. The summed E-state index contributed by atoms with van der Waals surface area (Å²) in [5, 5.41) is 0.606. The minimum Gasteiger partial charge on any atom is -0.345 e. The van der Waals surface area contributed by atoms with Crippen LogP contribution in [0.4, 0.5) is 0 Å². The third kappa shape index (κ3) is 4.28. The second-order valence-corrected chi connectivity index (χ2v) is 8.43. The highest BCUT2D eigenvalue weighted by Gasteiger charge is 2.26. The Balaban J connectivity index is 2.26. The fourth-order valence-electron chi connectivity index (χ4n) is 2.78. The van der Waals surface area contributed by atoms with Gasteiger partial charge in [0.05, 0.1) is 0 Å². The number of rotatable bonds is 7. The third-order valence-corrected chi connectivity index (χ3v) is 6.45. The van der Waals surface area contributed by atoms with Crippen molar-refractivity contribution in [1.29, 1.82) is 0 Å². The van der Waals surface area contributed by atoms with E-state index in [2.05, 4.69) is 0 Å². The van der Waals surface area contributed by atoms with Crippen LogP contribution in [0.25, 0.3) is 0 Å². The van der Waals surface area contributed by atoms with Crippen LogP contribution < -0.4 is 0 Å². The molecule has 0 aliphatic carbocycles. The van der Waals surface area contributed by atoms with Gasteiger partial charge in [-0.3, -0.25) is 4.79 Å². The molecule has 0 aliphatic rings. The van der Waals surface area contributed by atoms with Crippen LogP contribution in [0.2, 0.25) is 5.02 Å². The van der Waals surface area contributed by atoms with Gasteiger partial charge < -0.3 is 9.47 Å². The number of carbonyl (C=O) groups is 1. The number of hydrogen-bond donors (Lipinski definition) is 0. The second-order valence-electron chi connectivity index (χ2n) is 6.05. The van der Waals surface area contributed by atoms with Crippen molar-refractivity contribution in [2.45, 2.75) is 25.3 Å². The average Bonchev–Trinajstić information content (AvgIpc) is 2.97. The van der Waals surface area contributed by atoms with Crippen LogP contribution >= 0.6 is 11.6 Å². The molecule has 0 fully saturated rings. The molecule has 0 aliphatic heterocycles. The minimum absolute atomic E-state index is 0.128. The molecule has 1 heterocycles. The Labute approximate surface area is 160 Å². The Morgan fingerprint density at radius 1 is 1.19 bits per heavy atom. The summed E-state index contributed by atoms with van der Waals surface area (Å²) in [4.78, 5) is 14.4. The van der Waals surface area contributed by atoms with Crippen molar-refractivity contribution in [3.8, 4) is 0 Å². The predicted molar refractivity (Wildman–Crippen MR) is 103 cm³/mol. The van der Waals surface area contributed by atoms with Crippen molar-refractivity contribution in [2.24, 2.45) is 7.05 Å². The molecular formula is C18H24ClN3O3S. The highest BCUT2D eigenvalue weighted by atomic mass is 35.5. The molecule has 0 bridgehead atoms. The maximum absolute atomic E-state index is 12.8. The second kappa shape index (κ2) is 8.24. The van der Waals surface area contributed by atoms with E-state index in [-0.39, 0.29) is 10.8 Å². The van der Waals surface area contributed by atoms with Crippen molar-refractivity contribution in [3.63, 3.8) is 0 Å². The molecule has 0 N–H and O–H groups in total. The average molecular weight is 398 g/mol. The van der Waals surface area contributed by atoms with Gasteiger partial charge in [-0.1, -0.05) is 37.6 Å². The topological polar surface area (TPSA) is 62.6 Å². The molecular weight excluding hydrogens is 374 g/mol. The van der Waals surface area contributed by atoms with Crippen LogP contribution in [0.5, 0.6) is 0 Å². The van der Waals surface area contributed by atoms with Gasteiger partial charge in [0.25, 0.3) is 5.91 Å². The van der Waals surface area contributed by atoms with E-state index in [0.29, 0.717) is 30.4 Å². The smallest absolute Gasteiger partial charge is 0.270 e. The monoisotopic (exact) mass is 397 g/mol. The maximum Gasteiger partial charge on any atom is 0.270 e. The van der Waals surface area contributed by atoms with E-state index < -0.39 is 10.0 Å². The zero-order chi connectivity index (χ0) is 19.5. The van der Waals surface area contributed by atoms with Crippen LogP contribution in [0.3, 0.4) is 0 Å². The number of sulfonamides is 1. The minimum atomic E-state index is -3.60. The highest BCUT2D eigenvalue weighted by Crippen LogP contribution is 2.20. The van der Waals surface area contributed by atoms with Gasteiger partial charge in [0.15, 0.2) is 0 Å². The van der Waals surface area contributed by atoms with Crippen LogP contribution in [-0.4, -0.2) is 48.2 Å². The van der Waals surface area contributed by atoms with E-state index in [1.54, 1.807) is 44.6 Å². The third-order valence-electron chi connectivity index (χ3n) is 4.20. The summed E-state index contributed by atoms with van der Waals surface area (Å²) in [6.45, 7) is 4.71. The first-order valence-corrected chi connectivity index (χ1v) is 10.2. The zero-order valence-electron chi connectivity index (χ0n) is 15.4. The highest BCUT2D eigenvalue weighted by molar-refractivity contribution is 7.89. The first kappa shape index (κ1) is 20.5. The Morgan fingerprint density at radius 2 is 1.85 bits per heavy atom. The van der Waals surface area contributed by atoms with Gasteiger partial charge in [0.1, 0.15) is 10.6 Å². The van der Waals surface area contributed by atoms with Crippen LogP contribution in [0.1, 0.15) is 29.9 Å². The number of benzene rings is 1. The number of carbonyl (C=O) groups excluding carboxylic acids is 1. The molecule has 26 heavy (non-hydrogen) atoms. The van der Waals surface area contributed by atoms with Crippen molar-refractivity contribution in [3.05, 3.63) is 52.8 Å². The molecule has 0 atom stereocenters. The standard InChI is InChI=1S/C18H24ClN3O3S/c1-5-22(6-2)26(24,25)16-11-17(20(3)13-16)18(23)21(4)12-14-8-7-9-15(19)10-14/h7-11,13H,5-6,12H2,1-4H3. The molecule has 0 unspecified atom stereocenters. The van der Waals surface area contributed by atoms with Gasteiger partial charge in [-0.15, -0.1) is 0 Å². The summed E-state index contributed by atoms with van der Waals surface area (Å²) < 4.78 is 28.2. The van der Waals surface area contributed by atoms with E-state index in [0.717, 1.165) is 5.56 Å². The number of hydrogen-bond acceptors (Lipinski definition) is 3. The largest absolute Gasteiger partial charge is 0.345 e. The predicted octanol–water partition coefficient (Wildman–Crippen LogP) is 2.98. The quantitative estimate of drug-likeness (QED) is 0.721. The van der Waals surface area contributed by atoms with Crippen molar-refractivity contribution >= 4 is 27.5 Å². The molecule has 0 saturated heterocycles. The van der Waals surface area contributed by atoms with E-state index in [9.17, 15) is 13.2 Å². The Bertz CT molecular complexity index is 889. The molecule has 142 valence electrons. The van der Waals surface area contributed by atoms with Gasteiger partial charge >= 0.3 is 0 Å². The summed E-state index contributed by atoms with van der Waals surface area (Å²) in [5.74, 6) is -0.256. The van der Waals surface area contributed by atoms with Gasteiger partial charge in [0.2, 0.25) is 10.0 Å². The summed E-state index contributed by atoms with van der Waals surface area (Å²) in [6, 6.07) is 8.72. The molecule has 1 amide bonds. The molecule has 2 rings (SSSR count). The fourth-order valence-corrected chi connectivity index (χ4v) is 4.52. The van der Waals surface area contributed by atoms with Gasteiger partial charge in [-0.2, -0.15) is 4.31 Å². The maximum atomic E-state index is 12.8. The normalized spacial score (nSPS) is 11.8. The summed E-state index contributed by atoms with van der Waals surface area (Å²) in [7, 11) is -0.259. The van der Waals surface area contributed by atoms with Gasteiger partial charge in [-0.25, -0.2) is 8.42 Å². The van der Waals surface area contributed by atoms with E-state index >= 15 is 0 Å². The Hall–Kier alpha value is -1.83. The van der Waals surface area contributed by atoms with Crippen molar-refractivity contribution in [2.75, 3.05) is 20.1 Å². The molecule has 1 aromatic heterocycles. The van der Waals surface area contributed by atoms with Crippen LogP contribution in [-0.2, 0) is 23.6 Å². The summed E-state index contributed by atoms with van der Waals surface area (Å²) in [5.41, 5.74) is 1.22. The zero-order valence-corrected chi connectivity index (χ0v) is 17.0. The fraction of sp³-hybridized carbons (Fsp3) is 0.389. The molecule has 0 radical (unpaired) electrons. The molecule has 1 aromatic carbocycles. The Morgan fingerprint density at radius 3 is 2.42 bits per heavy atom. The first-order valence-electron chi connectivity index (χ1n) is 8.37. The van der Waals surface area contributed by atoms with Crippen LogP contribution in [0.15, 0.2) is 41.4 Å². The number of aromatic nitrogens is 1.